The van der Waals surface area contributed by atoms with Crippen LogP contribution in [0.15, 0.2) is 52.7 Å². The second kappa shape index (κ2) is 7.53. The maximum absolute atomic E-state index is 12.6. The molecule has 8 heteroatoms. The molecule has 0 bridgehead atoms. The maximum atomic E-state index is 12.6. The minimum absolute atomic E-state index is 0.0506. The number of thioether (sulfide) groups is 1. The van der Waals surface area contributed by atoms with Crippen LogP contribution in [0, 0.1) is 0 Å². The van der Waals surface area contributed by atoms with E-state index in [9.17, 15) is 9.59 Å². The molecule has 2 amide bonds. The first kappa shape index (κ1) is 18.2. The van der Waals surface area contributed by atoms with E-state index in [0.29, 0.717) is 17.3 Å². The highest BCUT2D eigenvalue weighted by atomic mass is 32.2. The molecule has 2 aliphatic rings. The summed E-state index contributed by atoms with van der Waals surface area (Å²) in [6.45, 7) is 0. The number of anilines is 2. The van der Waals surface area contributed by atoms with Gasteiger partial charge in [-0.3, -0.25) is 14.9 Å². The molecule has 6 nitrogen and oxygen atoms in total. The smallest absolute Gasteiger partial charge is 0.268 e. The molecule has 2 N–H and O–H groups in total. The van der Waals surface area contributed by atoms with E-state index >= 15 is 0 Å². The van der Waals surface area contributed by atoms with Crippen LogP contribution in [0.4, 0.5) is 10.8 Å². The summed E-state index contributed by atoms with van der Waals surface area (Å²) < 4.78 is 5.84. The number of hydrogen-bond acceptors (Lipinski definition) is 6. The van der Waals surface area contributed by atoms with Crippen LogP contribution in [0.2, 0.25) is 0 Å². The van der Waals surface area contributed by atoms with E-state index in [-0.39, 0.29) is 11.8 Å². The second-order valence-electron chi connectivity index (χ2n) is 6.81. The van der Waals surface area contributed by atoms with Gasteiger partial charge in [-0.2, -0.15) is 0 Å². The van der Waals surface area contributed by atoms with Crippen LogP contribution in [-0.2, 0) is 16.0 Å². The zero-order valence-electron chi connectivity index (χ0n) is 15.3. The Balaban J connectivity index is 1.28. The summed E-state index contributed by atoms with van der Waals surface area (Å²) in [7, 11) is 0. The van der Waals surface area contributed by atoms with Gasteiger partial charge >= 0.3 is 0 Å². The van der Waals surface area contributed by atoms with E-state index in [0.717, 1.165) is 39.6 Å². The number of para-hydroxylation sites is 1. The van der Waals surface area contributed by atoms with Crippen LogP contribution >= 0.6 is 23.1 Å². The number of thiazole rings is 1. The maximum Gasteiger partial charge on any atom is 0.268 e. The Labute approximate surface area is 175 Å². The van der Waals surface area contributed by atoms with E-state index in [2.05, 4.69) is 15.6 Å². The Morgan fingerprint density at radius 3 is 3.03 bits per heavy atom. The number of hydrogen-bond donors (Lipinski definition) is 2. The largest absolute Gasteiger partial charge is 0.479 e. The number of aromatic nitrogens is 1. The van der Waals surface area contributed by atoms with Gasteiger partial charge in [-0.05, 0) is 36.2 Å². The normalized spacial score (nSPS) is 17.5. The zero-order valence-corrected chi connectivity index (χ0v) is 16.9. The highest BCUT2D eigenvalue weighted by Crippen LogP contribution is 2.35. The van der Waals surface area contributed by atoms with Crippen LogP contribution in [0.5, 0.6) is 5.75 Å². The number of nitrogens with one attached hydrogen (secondary N) is 2. The lowest BCUT2D eigenvalue weighted by molar-refractivity contribution is -0.122. The third kappa shape index (κ3) is 3.73. The summed E-state index contributed by atoms with van der Waals surface area (Å²) in [6, 6.07) is 13.6. The monoisotopic (exact) mass is 423 g/mol. The van der Waals surface area contributed by atoms with Crippen molar-refractivity contribution in [1.82, 2.24) is 4.98 Å². The number of rotatable bonds is 3. The molecule has 2 aromatic carbocycles. The molecule has 3 heterocycles. The molecule has 29 heavy (non-hydrogen) atoms. The predicted octanol–water partition coefficient (Wildman–Crippen LogP) is 4.19. The third-order valence-electron chi connectivity index (χ3n) is 4.83. The summed E-state index contributed by atoms with van der Waals surface area (Å²) in [5, 5.41) is 8.22. The van der Waals surface area contributed by atoms with Gasteiger partial charge in [-0.25, -0.2) is 4.98 Å². The fraction of sp³-hybridized carbons (Fsp3) is 0.190. The van der Waals surface area contributed by atoms with Crippen molar-refractivity contribution >= 4 is 45.7 Å². The molecule has 0 aliphatic carbocycles. The average molecular weight is 424 g/mol. The molecule has 1 unspecified atom stereocenters. The van der Waals surface area contributed by atoms with Gasteiger partial charge in [0.25, 0.3) is 5.91 Å². The average Bonchev–Trinajstić information content (AvgIpc) is 3.21. The fourth-order valence-corrected chi connectivity index (χ4v) is 5.05. The van der Waals surface area contributed by atoms with Gasteiger partial charge in [-0.15, -0.1) is 23.1 Å². The van der Waals surface area contributed by atoms with E-state index in [1.54, 1.807) is 11.8 Å². The quantitative estimate of drug-likeness (QED) is 0.660. The molecule has 0 fully saturated rings. The Hall–Kier alpha value is -2.84. The summed E-state index contributed by atoms with van der Waals surface area (Å²) in [5.41, 5.74) is 3.73. The number of amides is 2. The Kier molecular flexibility index (Phi) is 4.73. The molecular weight excluding hydrogens is 406 g/mol. The number of carbonyl (C=O) groups excluding carboxylic acids is 2. The molecule has 0 saturated heterocycles. The molecular formula is C21H17N3O3S2. The molecule has 1 aromatic heterocycles. The third-order valence-corrected chi connectivity index (χ3v) is 6.71. The van der Waals surface area contributed by atoms with Crippen LogP contribution in [-0.4, -0.2) is 28.7 Å². The van der Waals surface area contributed by atoms with Crippen molar-refractivity contribution in [3.05, 3.63) is 53.4 Å². The first-order valence-electron chi connectivity index (χ1n) is 9.24. The molecule has 0 radical (unpaired) electrons. The van der Waals surface area contributed by atoms with Crippen molar-refractivity contribution in [2.45, 2.75) is 23.8 Å². The summed E-state index contributed by atoms with van der Waals surface area (Å²) in [4.78, 5) is 29.7. The zero-order chi connectivity index (χ0) is 19.8. The van der Waals surface area contributed by atoms with Gasteiger partial charge in [-0.1, -0.05) is 18.2 Å². The topological polar surface area (TPSA) is 80.3 Å². The van der Waals surface area contributed by atoms with Crippen LogP contribution in [0.25, 0.3) is 11.3 Å². The highest BCUT2D eigenvalue weighted by Gasteiger charge is 2.27. The lowest BCUT2D eigenvalue weighted by Crippen LogP contribution is -2.36. The molecule has 146 valence electrons. The van der Waals surface area contributed by atoms with Crippen molar-refractivity contribution in [1.29, 1.82) is 0 Å². The number of nitrogens with zero attached hydrogens (tertiary/aromatic N) is 1. The SMILES string of the molecule is O=C1CCc2cc(-c3csc(NC(=O)C4CSc5ccccc5O4)n3)ccc2N1. The van der Waals surface area contributed by atoms with Crippen LogP contribution < -0.4 is 15.4 Å². The molecule has 5 rings (SSSR count). The number of ether oxygens (including phenoxy) is 1. The van der Waals surface area contributed by atoms with Gasteiger partial charge in [0.2, 0.25) is 5.91 Å². The highest BCUT2D eigenvalue weighted by molar-refractivity contribution is 7.99. The number of benzene rings is 2. The Morgan fingerprint density at radius 1 is 1.21 bits per heavy atom. The van der Waals surface area contributed by atoms with Gasteiger partial charge in [0, 0.05) is 33.7 Å². The van der Waals surface area contributed by atoms with E-state index in [1.807, 2.05) is 47.8 Å². The van der Waals surface area contributed by atoms with Gasteiger partial charge in [0.15, 0.2) is 11.2 Å². The van der Waals surface area contributed by atoms with Gasteiger partial charge < -0.3 is 10.1 Å². The second-order valence-corrected chi connectivity index (χ2v) is 8.73. The fourth-order valence-electron chi connectivity index (χ4n) is 3.34. The first-order chi connectivity index (χ1) is 14.2. The molecule has 0 saturated carbocycles. The lowest BCUT2D eigenvalue weighted by atomic mass is 9.99. The lowest BCUT2D eigenvalue weighted by Gasteiger charge is -2.24. The van der Waals surface area contributed by atoms with E-state index in [4.69, 9.17) is 4.74 Å². The van der Waals surface area contributed by atoms with Crippen LogP contribution in [0.1, 0.15) is 12.0 Å². The minimum atomic E-state index is -0.547. The standard InChI is InChI=1S/C21H17N3O3S2/c25-19-8-6-12-9-13(5-7-14(12)22-19)15-10-29-21(23-15)24-20(26)17-11-28-18-4-2-1-3-16(18)27-17/h1-5,7,9-10,17H,6,8,11H2,(H,22,25)(H,23,24,26). The van der Waals surface area contributed by atoms with Crippen molar-refractivity contribution in [3.8, 4) is 17.0 Å². The van der Waals surface area contributed by atoms with E-state index < -0.39 is 6.10 Å². The first-order valence-corrected chi connectivity index (χ1v) is 11.1. The van der Waals surface area contributed by atoms with Crippen LogP contribution in [0.3, 0.4) is 0 Å². The minimum Gasteiger partial charge on any atom is -0.479 e. The van der Waals surface area contributed by atoms with Crippen molar-refractivity contribution in [3.63, 3.8) is 0 Å². The Bertz CT molecular complexity index is 1110. The van der Waals surface area contributed by atoms with Crippen molar-refractivity contribution < 1.29 is 14.3 Å². The Morgan fingerprint density at radius 2 is 2.10 bits per heavy atom. The van der Waals surface area contributed by atoms with Crippen molar-refractivity contribution in [2.24, 2.45) is 0 Å². The van der Waals surface area contributed by atoms with E-state index in [1.165, 1.54) is 11.3 Å². The number of carbonyl (C=O) groups is 2. The van der Waals surface area contributed by atoms with Gasteiger partial charge in [0.1, 0.15) is 5.75 Å². The molecule has 1 atom stereocenters. The van der Waals surface area contributed by atoms with Crippen molar-refractivity contribution in [2.75, 3.05) is 16.4 Å². The summed E-state index contributed by atoms with van der Waals surface area (Å²) >= 11 is 3.00. The molecule has 0 spiro atoms. The summed E-state index contributed by atoms with van der Waals surface area (Å²) in [5.74, 6) is 1.16. The van der Waals surface area contributed by atoms with Gasteiger partial charge in [0.05, 0.1) is 5.69 Å². The number of aryl methyl sites for hydroxylation is 1. The molecule has 2 aliphatic heterocycles. The summed E-state index contributed by atoms with van der Waals surface area (Å²) in [6.07, 6.45) is 0.674. The number of fused-ring (bicyclic) bond motifs is 2. The molecule has 3 aromatic rings. The predicted molar refractivity (Wildman–Crippen MR) is 115 cm³/mol.